The van der Waals surface area contributed by atoms with Gasteiger partial charge in [0.1, 0.15) is 5.60 Å². The third-order valence-corrected chi connectivity index (χ3v) is 6.33. The van der Waals surface area contributed by atoms with Crippen molar-refractivity contribution < 1.29 is 14.6 Å². The van der Waals surface area contributed by atoms with Crippen LogP contribution in [-0.4, -0.2) is 29.4 Å². The summed E-state index contributed by atoms with van der Waals surface area (Å²) in [6.45, 7) is 8.76. The summed E-state index contributed by atoms with van der Waals surface area (Å²) in [4.78, 5) is 10.9. The third-order valence-electron chi connectivity index (χ3n) is 5.60. The fraction of sp³-hybridized carbons (Fsp3) is 0.667. The maximum absolute atomic E-state index is 10.9. The van der Waals surface area contributed by atoms with Gasteiger partial charge in [-0.2, -0.15) is 0 Å². The number of rotatable bonds is 9. The van der Waals surface area contributed by atoms with Crippen LogP contribution in [0.5, 0.6) is 0 Å². The molecule has 1 saturated carbocycles. The first-order chi connectivity index (χ1) is 12.6. The Hall–Kier alpha value is -0.970. The molecule has 1 atom stereocenters. The van der Waals surface area contributed by atoms with Crippen LogP contribution in [0.1, 0.15) is 65.4 Å². The molecule has 0 aliphatic heterocycles. The van der Waals surface area contributed by atoms with Crippen LogP contribution in [0.4, 0.5) is 4.79 Å². The maximum atomic E-state index is 10.9. The number of carboxylic acid groups (broad SMARTS) is 1. The Morgan fingerprint density at radius 3 is 2.44 bits per heavy atom. The summed E-state index contributed by atoms with van der Waals surface area (Å²) in [5.74, 6) is 0.547. The molecule has 0 amide bonds. The fourth-order valence-corrected chi connectivity index (χ4v) is 4.31. The van der Waals surface area contributed by atoms with Crippen LogP contribution >= 0.6 is 23.2 Å². The molecule has 0 bridgehead atoms. The lowest BCUT2D eigenvalue weighted by Crippen LogP contribution is -2.54. The van der Waals surface area contributed by atoms with E-state index in [0.717, 1.165) is 19.3 Å². The second-order valence-corrected chi connectivity index (χ2v) is 9.47. The highest BCUT2D eigenvalue weighted by molar-refractivity contribution is 6.42. The van der Waals surface area contributed by atoms with E-state index in [4.69, 9.17) is 33.0 Å². The molecule has 0 spiro atoms. The van der Waals surface area contributed by atoms with Gasteiger partial charge in [0, 0.05) is 11.5 Å². The summed E-state index contributed by atoms with van der Waals surface area (Å²) in [6.07, 6.45) is 3.86. The lowest BCUT2D eigenvalue weighted by atomic mass is 9.59. The first-order valence-electron chi connectivity index (χ1n) is 9.66. The Labute approximate surface area is 172 Å². The summed E-state index contributed by atoms with van der Waals surface area (Å²) < 4.78 is 4.98. The summed E-state index contributed by atoms with van der Waals surface area (Å²) >= 11 is 12.4. The molecule has 0 aromatic heterocycles. The second kappa shape index (κ2) is 9.02. The van der Waals surface area contributed by atoms with Crippen molar-refractivity contribution in [3.05, 3.63) is 33.8 Å². The number of hydrogen-bond acceptors (Lipinski definition) is 3. The topological polar surface area (TPSA) is 58.6 Å². The minimum absolute atomic E-state index is 0.0519. The van der Waals surface area contributed by atoms with Gasteiger partial charge >= 0.3 is 6.16 Å². The molecule has 6 heteroatoms. The SMILES string of the molecule is CC(C)CC(NCCC(C)(C)OC(=O)O)C1(c2ccc(Cl)c(Cl)c2)CCC1. The molecular weight excluding hydrogens is 385 g/mol. The molecule has 1 aliphatic carbocycles. The van der Waals surface area contributed by atoms with Crippen LogP contribution in [0.2, 0.25) is 10.0 Å². The molecule has 0 saturated heterocycles. The molecule has 1 aromatic rings. The smallest absolute Gasteiger partial charge is 0.450 e. The Balaban J connectivity index is 2.15. The van der Waals surface area contributed by atoms with Gasteiger partial charge in [-0.15, -0.1) is 0 Å². The number of nitrogens with one attached hydrogen (secondary N) is 1. The van der Waals surface area contributed by atoms with Crippen LogP contribution in [-0.2, 0) is 10.2 Å². The molecule has 27 heavy (non-hydrogen) atoms. The molecule has 1 fully saturated rings. The van der Waals surface area contributed by atoms with Gasteiger partial charge in [0.2, 0.25) is 0 Å². The van der Waals surface area contributed by atoms with Gasteiger partial charge < -0.3 is 15.2 Å². The Morgan fingerprint density at radius 2 is 1.96 bits per heavy atom. The van der Waals surface area contributed by atoms with E-state index in [1.54, 1.807) is 13.8 Å². The highest BCUT2D eigenvalue weighted by Gasteiger charge is 2.45. The molecule has 1 aromatic carbocycles. The van der Waals surface area contributed by atoms with Gasteiger partial charge in [0.15, 0.2) is 0 Å². The van der Waals surface area contributed by atoms with E-state index >= 15 is 0 Å². The van der Waals surface area contributed by atoms with E-state index in [9.17, 15) is 4.79 Å². The van der Waals surface area contributed by atoms with Crippen molar-refractivity contribution in [3.8, 4) is 0 Å². The predicted molar refractivity (Wildman–Crippen MR) is 111 cm³/mol. The van der Waals surface area contributed by atoms with Crippen LogP contribution < -0.4 is 5.32 Å². The third kappa shape index (κ3) is 5.75. The van der Waals surface area contributed by atoms with E-state index in [1.807, 2.05) is 12.1 Å². The number of benzene rings is 1. The zero-order valence-corrected chi connectivity index (χ0v) is 18.2. The summed E-state index contributed by atoms with van der Waals surface area (Å²) in [5, 5.41) is 13.8. The molecule has 0 radical (unpaired) electrons. The van der Waals surface area contributed by atoms with E-state index in [0.29, 0.717) is 35.0 Å². The first-order valence-corrected chi connectivity index (χ1v) is 10.4. The van der Waals surface area contributed by atoms with Crippen molar-refractivity contribution in [2.75, 3.05) is 6.54 Å². The van der Waals surface area contributed by atoms with Crippen molar-refractivity contribution in [2.24, 2.45) is 5.92 Å². The normalized spacial score (nSPS) is 17.4. The quantitative estimate of drug-likeness (QED) is 0.465. The van der Waals surface area contributed by atoms with Crippen molar-refractivity contribution in [1.29, 1.82) is 0 Å². The minimum atomic E-state index is -1.23. The lowest BCUT2D eigenvalue weighted by Gasteiger charge is -2.49. The average Bonchev–Trinajstić information content (AvgIpc) is 2.47. The van der Waals surface area contributed by atoms with Crippen molar-refractivity contribution in [2.45, 2.75) is 76.9 Å². The monoisotopic (exact) mass is 415 g/mol. The molecule has 1 unspecified atom stereocenters. The van der Waals surface area contributed by atoms with Gasteiger partial charge in [0.25, 0.3) is 0 Å². The summed E-state index contributed by atoms with van der Waals surface area (Å²) in [6, 6.07) is 6.29. The fourth-order valence-electron chi connectivity index (χ4n) is 4.01. The van der Waals surface area contributed by atoms with Gasteiger partial charge in [0.05, 0.1) is 10.0 Å². The highest BCUT2D eigenvalue weighted by atomic mass is 35.5. The van der Waals surface area contributed by atoms with Gasteiger partial charge in [-0.1, -0.05) is 49.5 Å². The predicted octanol–water partition coefficient (Wildman–Crippen LogP) is 6.28. The Morgan fingerprint density at radius 1 is 1.30 bits per heavy atom. The zero-order valence-electron chi connectivity index (χ0n) is 16.6. The maximum Gasteiger partial charge on any atom is 0.506 e. The molecule has 4 nitrogen and oxygen atoms in total. The van der Waals surface area contributed by atoms with Crippen LogP contribution in [0.15, 0.2) is 18.2 Å². The van der Waals surface area contributed by atoms with Crippen LogP contribution in [0.25, 0.3) is 0 Å². The summed E-state index contributed by atoms with van der Waals surface area (Å²) in [7, 11) is 0. The van der Waals surface area contributed by atoms with Gasteiger partial charge in [-0.25, -0.2) is 4.79 Å². The van der Waals surface area contributed by atoms with E-state index < -0.39 is 11.8 Å². The van der Waals surface area contributed by atoms with E-state index in [1.165, 1.54) is 12.0 Å². The van der Waals surface area contributed by atoms with Gasteiger partial charge in [-0.3, -0.25) is 0 Å². The number of hydrogen-bond donors (Lipinski definition) is 2. The van der Waals surface area contributed by atoms with Crippen molar-refractivity contribution >= 4 is 29.4 Å². The molecule has 1 aliphatic rings. The zero-order chi connectivity index (χ0) is 20.2. The minimum Gasteiger partial charge on any atom is -0.450 e. The number of ether oxygens (including phenoxy) is 1. The van der Waals surface area contributed by atoms with Crippen molar-refractivity contribution in [1.82, 2.24) is 5.32 Å². The van der Waals surface area contributed by atoms with Crippen LogP contribution in [0.3, 0.4) is 0 Å². The van der Waals surface area contributed by atoms with Crippen LogP contribution in [0, 0.1) is 5.92 Å². The number of halogens is 2. The molecule has 2 rings (SSSR count). The highest BCUT2D eigenvalue weighted by Crippen LogP contribution is 2.49. The first kappa shape index (κ1) is 22.3. The molecular formula is C21H31Cl2NO3. The standard InChI is InChI=1S/C21H31Cl2NO3/c1-14(2)12-18(24-11-10-20(3,4)27-19(25)26)21(8-5-9-21)15-6-7-16(22)17(23)13-15/h6-7,13-14,18,24H,5,8-12H2,1-4H3,(H,25,26). The van der Waals surface area contributed by atoms with E-state index in [-0.39, 0.29) is 5.41 Å². The number of carbonyl (C=O) groups is 1. The largest absolute Gasteiger partial charge is 0.506 e. The van der Waals surface area contributed by atoms with Gasteiger partial charge in [-0.05, 0) is 69.7 Å². The Bertz CT molecular complexity index is 657. The van der Waals surface area contributed by atoms with E-state index in [2.05, 4.69) is 25.2 Å². The molecule has 2 N–H and O–H groups in total. The average molecular weight is 416 g/mol. The lowest BCUT2D eigenvalue weighted by molar-refractivity contribution is -0.00191. The van der Waals surface area contributed by atoms with Crippen molar-refractivity contribution in [3.63, 3.8) is 0 Å². The Kier molecular flexibility index (Phi) is 7.46. The molecule has 152 valence electrons. The molecule has 0 heterocycles. The second-order valence-electron chi connectivity index (χ2n) is 8.65. The summed E-state index contributed by atoms with van der Waals surface area (Å²) in [5.41, 5.74) is 0.579.